The molecule has 108 valence electrons. The number of nitrogens with zero attached hydrogens (tertiary/aromatic N) is 2. The van der Waals surface area contributed by atoms with E-state index in [2.05, 4.69) is 40.1 Å². The topological polar surface area (TPSA) is 60.2 Å². The molecule has 1 aromatic heterocycles. The molecular weight excluding hydrogens is 280 g/mol. The zero-order chi connectivity index (χ0) is 15.1. The van der Waals surface area contributed by atoms with E-state index in [0.29, 0.717) is 12.1 Å². The number of aliphatic imine (C=N–C) groups is 1. The number of guanidine groups is 1. The molecule has 0 saturated carbocycles. The molecule has 2 N–H and O–H groups in total. The average molecular weight is 298 g/mol. The maximum Gasteiger partial charge on any atom is 0.191 e. The minimum absolute atomic E-state index is 0.638. The number of rotatable bonds is 4. The molecule has 0 atom stereocenters. The second kappa shape index (κ2) is 7.46. The van der Waals surface area contributed by atoms with Gasteiger partial charge >= 0.3 is 0 Å². The molecule has 0 bridgehead atoms. The van der Waals surface area contributed by atoms with Crippen LogP contribution < -0.4 is 10.6 Å². The quantitative estimate of drug-likeness (QED) is 0.674. The molecule has 2 aromatic rings. The van der Waals surface area contributed by atoms with Gasteiger partial charge in [0.1, 0.15) is 0 Å². The number of hydrogen-bond donors (Lipinski definition) is 2. The lowest BCUT2D eigenvalue weighted by Crippen LogP contribution is -2.36. The van der Waals surface area contributed by atoms with Crippen molar-refractivity contribution in [2.75, 3.05) is 7.05 Å². The predicted molar refractivity (Wildman–Crippen MR) is 87.3 cm³/mol. The number of nitriles is 1. The lowest BCUT2D eigenvalue weighted by atomic mass is 10.1. The molecule has 0 spiro atoms. The lowest BCUT2D eigenvalue weighted by molar-refractivity contribution is 0.813. The molecule has 0 aliphatic carbocycles. The van der Waals surface area contributed by atoms with E-state index in [1.54, 1.807) is 24.5 Å². The fourth-order valence-electron chi connectivity index (χ4n) is 1.91. The summed E-state index contributed by atoms with van der Waals surface area (Å²) in [5.41, 5.74) is 3.03. The summed E-state index contributed by atoms with van der Waals surface area (Å²) in [5.74, 6) is 0.755. The minimum Gasteiger partial charge on any atom is -0.352 e. The Morgan fingerprint density at radius 3 is 2.76 bits per heavy atom. The zero-order valence-electron chi connectivity index (χ0n) is 12.2. The molecule has 1 heterocycles. The van der Waals surface area contributed by atoms with Gasteiger partial charge in [0.2, 0.25) is 0 Å². The van der Waals surface area contributed by atoms with Crippen molar-refractivity contribution >= 4 is 17.3 Å². The first-order valence-electron chi connectivity index (χ1n) is 6.69. The summed E-state index contributed by atoms with van der Waals surface area (Å²) in [6, 6.07) is 11.8. The van der Waals surface area contributed by atoms with Gasteiger partial charge in [0, 0.05) is 18.5 Å². The molecule has 4 nitrogen and oxygen atoms in total. The van der Waals surface area contributed by atoms with E-state index in [9.17, 15) is 0 Å². The Bertz CT molecular complexity index is 667. The predicted octanol–water partition coefficient (Wildman–Crippen LogP) is 2.79. The maximum absolute atomic E-state index is 8.90. The smallest absolute Gasteiger partial charge is 0.191 e. The van der Waals surface area contributed by atoms with Crippen LogP contribution in [0.2, 0.25) is 0 Å². The van der Waals surface area contributed by atoms with Crippen molar-refractivity contribution in [1.82, 2.24) is 10.6 Å². The second-order valence-corrected chi connectivity index (χ2v) is 5.62. The van der Waals surface area contributed by atoms with E-state index < -0.39 is 0 Å². The van der Waals surface area contributed by atoms with Crippen LogP contribution in [0.25, 0.3) is 0 Å². The minimum atomic E-state index is 0.638. The molecule has 21 heavy (non-hydrogen) atoms. The molecule has 0 unspecified atom stereocenters. The number of nitrogens with one attached hydrogen (secondary N) is 2. The third-order valence-corrected chi connectivity index (χ3v) is 4.15. The van der Waals surface area contributed by atoms with Crippen molar-refractivity contribution in [2.24, 2.45) is 4.99 Å². The Morgan fingerprint density at radius 1 is 1.29 bits per heavy atom. The van der Waals surface area contributed by atoms with E-state index in [1.807, 2.05) is 18.2 Å². The Labute approximate surface area is 129 Å². The van der Waals surface area contributed by atoms with Gasteiger partial charge in [-0.25, -0.2) is 0 Å². The van der Waals surface area contributed by atoms with E-state index in [4.69, 9.17) is 5.26 Å². The van der Waals surface area contributed by atoms with Gasteiger partial charge in [0.25, 0.3) is 0 Å². The number of thiophene rings is 1. The van der Waals surface area contributed by atoms with E-state index >= 15 is 0 Å². The van der Waals surface area contributed by atoms with E-state index in [0.717, 1.165) is 18.1 Å². The van der Waals surface area contributed by atoms with E-state index in [-0.39, 0.29) is 0 Å². The summed E-state index contributed by atoms with van der Waals surface area (Å²) in [6.07, 6.45) is 0. The summed E-state index contributed by atoms with van der Waals surface area (Å²) in [4.78, 5) is 5.52. The Hall–Kier alpha value is -2.32. The molecule has 1 aromatic carbocycles. The molecule has 0 saturated heterocycles. The van der Waals surface area contributed by atoms with Crippen LogP contribution in [0.1, 0.15) is 21.6 Å². The third kappa shape index (κ3) is 4.33. The number of hydrogen-bond acceptors (Lipinski definition) is 3. The van der Waals surface area contributed by atoms with Crippen molar-refractivity contribution in [2.45, 2.75) is 20.0 Å². The van der Waals surface area contributed by atoms with Gasteiger partial charge < -0.3 is 10.6 Å². The van der Waals surface area contributed by atoms with Gasteiger partial charge in [0.15, 0.2) is 5.96 Å². The molecule has 0 amide bonds. The van der Waals surface area contributed by atoms with Crippen molar-refractivity contribution in [3.05, 3.63) is 57.3 Å². The van der Waals surface area contributed by atoms with Crippen LogP contribution in [0.4, 0.5) is 0 Å². The summed E-state index contributed by atoms with van der Waals surface area (Å²) >= 11 is 1.74. The van der Waals surface area contributed by atoms with Crippen LogP contribution in [0, 0.1) is 18.3 Å². The van der Waals surface area contributed by atoms with Crippen LogP contribution in [0.3, 0.4) is 0 Å². The Balaban J connectivity index is 1.88. The van der Waals surface area contributed by atoms with Gasteiger partial charge in [-0.15, -0.1) is 11.3 Å². The van der Waals surface area contributed by atoms with Crippen LogP contribution in [-0.2, 0) is 13.1 Å². The molecule has 0 aliphatic rings. The highest BCUT2D eigenvalue weighted by Crippen LogP contribution is 2.14. The molecule has 0 aliphatic heterocycles. The summed E-state index contributed by atoms with van der Waals surface area (Å²) < 4.78 is 0. The van der Waals surface area contributed by atoms with Gasteiger partial charge in [-0.1, -0.05) is 12.1 Å². The Kier molecular flexibility index (Phi) is 5.35. The fourth-order valence-corrected chi connectivity index (χ4v) is 2.75. The van der Waals surface area contributed by atoms with Gasteiger partial charge in [-0.3, -0.25) is 4.99 Å². The second-order valence-electron chi connectivity index (χ2n) is 4.62. The number of aryl methyl sites for hydroxylation is 1. The standard InChI is InChI=1S/C16H18N4S/c1-12-6-7-21-15(12)11-20-16(18-2)19-10-14-5-3-4-13(8-14)9-17/h3-8H,10-11H2,1-2H3,(H2,18,19,20). The van der Waals surface area contributed by atoms with Crippen molar-refractivity contribution < 1.29 is 0 Å². The van der Waals surface area contributed by atoms with Crippen molar-refractivity contribution in [1.29, 1.82) is 5.26 Å². The summed E-state index contributed by atoms with van der Waals surface area (Å²) in [7, 11) is 1.75. The number of benzene rings is 1. The van der Waals surface area contributed by atoms with Crippen molar-refractivity contribution in [3.8, 4) is 6.07 Å². The first-order chi connectivity index (χ1) is 10.2. The molecule has 0 fully saturated rings. The van der Waals surface area contributed by atoms with Gasteiger partial charge in [-0.05, 0) is 41.6 Å². The first-order valence-corrected chi connectivity index (χ1v) is 7.57. The Morgan fingerprint density at radius 2 is 2.10 bits per heavy atom. The fraction of sp³-hybridized carbons (Fsp3) is 0.250. The SMILES string of the molecule is CN=C(NCc1cccc(C#N)c1)NCc1sccc1C. The van der Waals surface area contributed by atoms with Crippen LogP contribution in [0.5, 0.6) is 0 Å². The molecule has 2 rings (SSSR count). The highest BCUT2D eigenvalue weighted by atomic mass is 32.1. The van der Waals surface area contributed by atoms with Gasteiger partial charge in [-0.2, -0.15) is 5.26 Å². The van der Waals surface area contributed by atoms with Crippen LogP contribution in [0.15, 0.2) is 40.7 Å². The van der Waals surface area contributed by atoms with Crippen LogP contribution >= 0.6 is 11.3 Å². The monoisotopic (exact) mass is 298 g/mol. The zero-order valence-corrected chi connectivity index (χ0v) is 13.0. The van der Waals surface area contributed by atoms with Gasteiger partial charge in [0.05, 0.1) is 18.2 Å². The third-order valence-electron chi connectivity index (χ3n) is 3.12. The molecule has 5 heteroatoms. The highest BCUT2D eigenvalue weighted by molar-refractivity contribution is 7.10. The normalized spacial score (nSPS) is 11.0. The largest absolute Gasteiger partial charge is 0.352 e. The lowest BCUT2D eigenvalue weighted by Gasteiger charge is -2.12. The van der Waals surface area contributed by atoms with E-state index in [1.165, 1.54) is 10.4 Å². The van der Waals surface area contributed by atoms with Crippen LogP contribution in [-0.4, -0.2) is 13.0 Å². The highest BCUT2D eigenvalue weighted by Gasteiger charge is 2.02. The molecule has 0 radical (unpaired) electrons. The maximum atomic E-state index is 8.90. The summed E-state index contributed by atoms with van der Waals surface area (Å²) in [6.45, 7) is 3.51. The summed E-state index contributed by atoms with van der Waals surface area (Å²) in [5, 5.41) is 17.5. The average Bonchev–Trinajstić information content (AvgIpc) is 2.93. The first kappa shape index (κ1) is 15.1. The van der Waals surface area contributed by atoms with Crippen molar-refractivity contribution in [3.63, 3.8) is 0 Å². The molecular formula is C16H18N4S.